The number of aryl methyl sites for hydroxylation is 2. The van der Waals surface area contributed by atoms with E-state index >= 15 is 0 Å². The molecule has 1 aromatic carbocycles. The number of aromatic amines is 1. The highest BCUT2D eigenvalue weighted by Crippen LogP contribution is 2.16. The molecule has 0 spiro atoms. The highest BCUT2D eigenvalue weighted by atomic mass is 16.2. The second-order valence-electron chi connectivity index (χ2n) is 6.22. The predicted octanol–water partition coefficient (Wildman–Crippen LogP) is 2.01. The molecule has 4 nitrogen and oxygen atoms in total. The maximum Gasteiger partial charge on any atom is 0.227 e. The summed E-state index contributed by atoms with van der Waals surface area (Å²) in [5.74, 6) is 0.231. The summed E-state index contributed by atoms with van der Waals surface area (Å²) in [4.78, 5) is 19.9. The summed E-state index contributed by atoms with van der Waals surface area (Å²) in [5, 5.41) is 0. The van der Waals surface area contributed by atoms with Crippen molar-refractivity contribution in [2.24, 2.45) is 0 Å². The lowest BCUT2D eigenvalue weighted by Crippen LogP contribution is -2.49. The molecular formula is C19H24N3O+. The molecule has 120 valence electrons. The zero-order chi connectivity index (χ0) is 16.2. The molecule has 0 aliphatic carbocycles. The van der Waals surface area contributed by atoms with E-state index in [4.69, 9.17) is 0 Å². The maximum absolute atomic E-state index is 12.5. The minimum atomic E-state index is 0.231. The summed E-state index contributed by atoms with van der Waals surface area (Å²) >= 11 is 0. The van der Waals surface area contributed by atoms with Gasteiger partial charge in [-0.3, -0.25) is 4.79 Å². The smallest absolute Gasteiger partial charge is 0.227 e. The van der Waals surface area contributed by atoms with Crippen LogP contribution in [0.2, 0.25) is 0 Å². The first kappa shape index (κ1) is 15.5. The summed E-state index contributed by atoms with van der Waals surface area (Å²) in [7, 11) is 0. The molecule has 1 aromatic heterocycles. The van der Waals surface area contributed by atoms with Crippen molar-refractivity contribution < 1.29 is 9.78 Å². The standard InChI is InChI=1S/C19H23N3O/c1-15-3-4-17(13-16(15)2)14-19(23)22-11-9-21(10-12-22)18-5-7-20-8-6-18/h3-8,13H,9-12,14H2,1-2H3/p+1. The number of amides is 1. The zero-order valence-electron chi connectivity index (χ0n) is 13.9. The Kier molecular flexibility index (Phi) is 4.60. The fourth-order valence-corrected chi connectivity index (χ4v) is 3.00. The molecule has 1 saturated heterocycles. The molecule has 0 bridgehead atoms. The lowest BCUT2D eigenvalue weighted by atomic mass is 10.0. The minimum Gasteiger partial charge on any atom is -0.368 e. The van der Waals surface area contributed by atoms with Crippen LogP contribution in [0.5, 0.6) is 0 Å². The lowest BCUT2D eigenvalue weighted by molar-refractivity contribution is -0.377. The number of hydrogen-bond acceptors (Lipinski definition) is 2. The van der Waals surface area contributed by atoms with Gasteiger partial charge in [-0.15, -0.1) is 0 Å². The van der Waals surface area contributed by atoms with Crippen LogP contribution in [0, 0.1) is 13.8 Å². The van der Waals surface area contributed by atoms with Crippen LogP contribution in [0.25, 0.3) is 0 Å². The van der Waals surface area contributed by atoms with Gasteiger partial charge in [0.25, 0.3) is 0 Å². The molecule has 1 N–H and O–H groups in total. The average Bonchev–Trinajstić information content (AvgIpc) is 2.59. The topological polar surface area (TPSA) is 37.7 Å². The van der Waals surface area contributed by atoms with Gasteiger partial charge in [-0.05, 0) is 30.5 Å². The number of pyridine rings is 1. The van der Waals surface area contributed by atoms with Crippen molar-refractivity contribution in [3.63, 3.8) is 0 Å². The molecule has 0 saturated carbocycles. The van der Waals surface area contributed by atoms with Crippen molar-refractivity contribution in [1.82, 2.24) is 4.90 Å². The third kappa shape index (κ3) is 3.70. The van der Waals surface area contributed by atoms with Crippen LogP contribution in [0.15, 0.2) is 42.7 Å². The van der Waals surface area contributed by atoms with Gasteiger partial charge in [0.05, 0.1) is 6.42 Å². The summed E-state index contributed by atoms with van der Waals surface area (Å²) in [6, 6.07) is 10.4. The fourth-order valence-electron chi connectivity index (χ4n) is 3.00. The van der Waals surface area contributed by atoms with E-state index in [0.29, 0.717) is 6.42 Å². The Hall–Kier alpha value is -2.36. The van der Waals surface area contributed by atoms with E-state index in [1.807, 2.05) is 17.3 Å². The van der Waals surface area contributed by atoms with E-state index in [9.17, 15) is 4.79 Å². The third-order valence-corrected chi connectivity index (χ3v) is 4.62. The van der Waals surface area contributed by atoms with Crippen molar-refractivity contribution in [3.8, 4) is 0 Å². The van der Waals surface area contributed by atoms with Gasteiger partial charge >= 0.3 is 0 Å². The summed E-state index contributed by atoms with van der Waals surface area (Å²) in [5.41, 5.74) is 4.85. The van der Waals surface area contributed by atoms with Gasteiger partial charge < -0.3 is 9.80 Å². The quantitative estimate of drug-likeness (QED) is 0.870. The van der Waals surface area contributed by atoms with Gasteiger partial charge in [0.15, 0.2) is 12.4 Å². The first-order valence-electron chi connectivity index (χ1n) is 8.18. The molecule has 0 radical (unpaired) electrons. The Balaban J connectivity index is 1.57. The van der Waals surface area contributed by atoms with E-state index in [-0.39, 0.29) is 5.91 Å². The zero-order valence-corrected chi connectivity index (χ0v) is 13.9. The van der Waals surface area contributed by atoms with Crippen LogP contribution < -0.4 is 9.88 Å². The number of aromatic nitrogens is 1. The normalized spacial score (nSPS) is 14.9. The number of nitrogens with zero attached hydrogens (tertiary/aromatic N) is 2. The number of anilines is 1. The predicted molar refractivity (Wildman–Crippen MR) is 91.4 cm³/mol. The van der Waals surface area contributed by atoms with Crippen molar-refractivity contribution >= 4 is 11.6 Å². The van der Waals surface area contributed by atoms with Crippen LogP contribution in [-0.2, 0) is 11.2 Å². The summed E-state index contributed by atoms with van der Waals surface area (Å²) in [6.07, 6.45) is 4.38. The summed E-state index contributed by atoms with van der Waals surface area (Å²) < 4.78 is 0. The number of benzene rings is 1. The molecule has 2 heterocycles. The van der Waals surface area contributed by atoms with Crippen LogP contribution in [0.3, 0.4) is 0 Å². The number of carbonyl (C=O) groups excluding carboxylic acids is 1. The Labute approximate surface area is 137 Å². The van der Waals surface area contributed by atoms with E-state index in [0.717, 1.165) is 31.7 Å². The highest BCUT2D eigenvalue weighted by Gasteiger charge is 2.21. The van der Waals surface area contributed by atoms with Crippen molar-refractivity contribution in [3.05, 3.63) is 59.4 Å². The fraction of sp³-hybridized carbons (Fsp3) is 0.368. The number of carbonyl (C=O) groups is 1. The largest absolute Gasteiger partial charge is 0.368 e. The van der Waals surface area contributed by atoms with Crippen LogP contribution in [-0.4, -0.2) is 37.0 Å². The van der Waals surface area contributed by atoms with E-state index < -0.39 is 0 Å². The second-order valence-corrected chi connectivity index (χ2v) is 6.22. The first-order chi connectivity index (χ1) is 11.1. The SMILES string of the molecule is Cc1ccc(CC(=O)N2CCN(c3cc[nH+]cc3)CC2)cc1C. The van der Waals surface area contributed by atoms with Crippen LogP contribution in [0.4, 0.5) is 5.69 Å². The van der Waals surface area contributed by atoms with Crippen molar-refractivity contribution in [1.29, 1.82) is 0 Å². The lowest BCUT2D eigenvalue weighted by Gasteiger charge is -2.35. The highest BCUT2D eigenvalue weighted by molar-refractivity contribution is 5.79. The van der Waals surface area contributed by atoms with Gasteiger partial charge in [0.1, 0.15) is 0 Å². The average molecular weight is 310 g/mol. The molecule has 1 fully saturated rings. The Bertz CT molecular complexity index is 676. The molecular weight excluding hydrogens is 286 g/mol. The van der Waals surface area contributed by atoms with Crippen LogP contribution >= 0.6 is 0 Å². The van der Waals surface area contributed by atoms with Gasteiger partial charge in [0, 0.05) is 44.0 Å². The molecule has 1 aliphatic rings. The molecule has 23 heavy (non-hydrogen) atoms. The van der Waals surface area contributed by atoms with Gasteiger partial charge in [-0.2, -0.15) is 0 Å². The summed E-state index contributed by atoms with van der Waals surface area (Å²) in [6.45, 7) is 7.57. The van der Waals surface area contributed by atoms with Crippen LogP contribution in [0.1, 0.15) is 16.7 Å². The van der Waals surface area contributed by atoms with Gasteiger partial charge in [-0.1, -0.05) is 18.2 Å². The number of hydrogen-bond donors (Lipinski definition) is 0. The molecule has 2 aromatic rings. The number of H-pyrrole nitrogens is 1. The molecule has 1 amide bonds. The van der Waals surface area contributed by atoms with Crippen molar-refractivity contribution in [2.75, 3.05) is 31.1 Å². The molecule has 3 rings (SSSR count). The van der Waals surface area contributed by atoms with Gasteiger partial charge in [-0.25, -0.2) is 4.98 Å². The molecule has 0 atom stereocenters. The third-order valence-electron chi connectivity index (χ3n) is 4.62. The molecule has 0 unspecified atom stereocenters. The number of piperazine rings is 1. The second kappa shape index (κ2) is 6.82. The Morgan fingerprint density at radius 3 is 2.35 bits per heavy atom. The maximum atomic E-state index is 12.5. The molecule has 4 heteroatoms. The van der Waals surface area contributed by atoms with Gasteiger partial charge in [0.2, 0.25) is 5.91 Å². The molecule has 1 aliphatic heterocycles. The van der Waals surface area contributed by atoms with Crippen molar-refractivity contribution in [2.45, 2.75) is 20.3 Å². The Morgan fingerprint density at radius 1 is 1.00 bits per heavy atom. The first-order valence-corrected chi connectivity index (χ1v) is 8.18. The number of nitrogens with one attached hydrogen (secondary N) is 1. The van der Waals surface area contributed by atoms with E-state index in [2.05, 4.69) is 54.1 Å². The Morgan fingerprint density at radius 2 is 1.70 bits per heavy atom. The number of rotatable bonds is 3. The minimum absolute atomic E-state index is 0.231. The monoisotopic (exact) mass is 310 g/mol. The van der Waals surface area contributed by atoms with E-state index in [1.165, 1.54) is 16.8 Å². The van der Waals surface area contributed by atoms with E-state index in [1.54, 1.807) is 0 Å².